The fraction of sp³-hybridized carbons (Fsp3) is 0.214. The monoisotopic (exact) mass is 290 g/mol. The minimum Gasteiger partial charge on any atom is -0.481 e. The Morgan fingerprint density at radius 2 is 2.10 bits per heavy atom. The van der Waals surface area contributed by atoms with Gasteiger partial charge in [0, 0.05) is 12.7 Å². The SMILES string of the molecule is O=C(O)CCN(Cc1ccccn1)C(=O)c1cccs1. The molecule has 0 aliphatic carbocycles. The van der Waals surface area contributed by atoms with E-state index in [9.17, 15) is 9.59 Å². The van der Waals surface area contributed by atoms with Crippen molar-refractivity contribution >= 4 is 23.2 Å². The average molecular weight is 290 g/mol. The first-order valence-electron chi connectivity index (χ1n) is 6.11. The Hall–Kier alpha value is -2.21. The van der Waals surface area contributed by atoms with Gasteiger partial charge >= 0.3 is 5.97 Å². The third-order valence-electron chi connectivity index (χ3n) is 2.69. The van der Waals surface area contributed by atoms with Crippen LogP contribution >= 0.6 is 11.3 Å². The summed E-state index contributed by atoms with van der Waals surface area (Å²) >= 11 is 1.35. The van der Waals surface area contributed by atoms with Crippen molar-refractivity contribution in [1.29, 1.82) is 0 Å². The molecule has 2 heterocycles. The van der Waals surface area contributed by atoms with Crippen LogP contribution in [0.25, 0.3) is 0 Å². The van der Waals surface area contributed by atoms with Gasteiger partial charge < -0.3 is 10.0 Å². The highest BCUT2D eigenvalue weighted by Gasteiger charge is 2.18. The summed E-state index contributed by atoms with van der Waals surface area (Å²) in [5.41, 5.74) is 0.739. The molecule has 6 heteroatoms. The van der Waals surface area contributed by atoms with Crippen LogP contribution < -0.4 is 0 Å². The second kappa shape index (κ2) is 6.81. The van der Waals surface area contributed by atoms with Crippen molar-refractivity contribution in [3.05, 3.63) is 52.5 Å². The van der Waals surface area contributed by atoms with E-state index in [4.69, 9.17) is 5.11 Å². The first kappa shape index (κ1) is 14.2. The zero-order chi connectivity index (χ0) is 14.4. The van der Waals surface area contributed by atoms with Crippen LogP contribution in [-0.4, -0.2) is 33.4 Å². The van der Waals surface area contributed by atoms with E-state index in [1.165, 1.54) is 16.2 Å². The topological polar surface area (TPSA) is 70.5 Å². The maximum absolute atomic E-state index is 12.3. The van der Waals surface area contributed by atoms with Gasteiger partial charge in [-0.05, 0) is 23.6 Å². The summed E-state index contributed by atoms with van der Waals surface area (Å²) in [6.07, 6.45) is 1.57. The number of pyridine rings is 1. The van der Waals surface area contributed by atoms with Crippen molar-refractivity contribution in [2.24, 2.45) is 0 Å². The molecule has 0 saturated heterocycles. The van der Waals surface area contributed by atoms with Crippen LogP contribution in [0.3, 0.4) is 0 Å². The Labute approximate surface area is 120 Å². The number of nitrogens with zero attached hydrogens (tertiary/aromatic N) is 2. The largest absolute Gasteiger partial charge is 0.481 e. The molecular formula is C14H14N2O3S. The standard InChI is InChI=1S/C14H14N2O3S/c17-13(18)6-8-16(10-11-4-1-2-7-15-11)14(19)12-5-3-9-20-12/h1-5,7,9H,6,8,10H2,(H,17,18). The number of carbonyl (C=O) groups is 2. The fourth-order valence-electron chi connectivity index (χ4n) is 1.73. The number of hydrogen-bond donors (Lipinski definition) is 1. The Morgan fingerprint density at radius 3 is 2.70 bits per heavy atom. The lowest BCUT2D eigenvalue weighted by molar-refractivity contribution is -0.137. The van der Waals surface area contributed by atoms with Gasteiger partial charge in [-0.1, -0.05) is 12.1 Å². The summed E-state index contributed by atoms with van der Waals surface area (Å²) in [6, 6.07) is 8.99. The van der Waals surface area contributed by atoms with Crippen molar-refractivity contribution in [2.45, 2.75) is 13.0 Å². The maximum Gasteiger partial charge on any atom is 0.305 e. The number of carbonyl (C=O) groups excluding carboxylic acids is 1. The molecule has 2 rings (SSSR count). The molecule has 2 aromatic rings. The van der Waals surface area contributed by atoms with Crippen molar-refractivity contribution in [3.8, 4) is 0 Å². The molecule has 0 unspecified atom stereocenters. The van der Waals surface area contributed by atoms with Crippen LogP contribution in [0.2, 0.25) is 0 Å². The lowest BCUT2D eigenvalue weighted by atomic mass is 10.3. The van der Waals surface area contributed by atoms with Gasteiger partial charge in [0.2, 0.25) is 0 Å². The zero-order valence-corrected chi connectivity index (χ0v) is 11.5. The molecule has 5 nitrogen and oxygen atoms in total. The fourth-order valence-corrected chi connectivity index (χ4v) is 2.42. The van der Waals surface area contributed by atoms with Crippen molar-refractivity contribution in [2.75, 3.05) is 6.54 Å². The Bertz CT molecular complexity index is 569. The summed E-state index contributed by atoms with van der Waals surface area (Å²) in [6.45, 7) is 0.480. The van der Waals surface area contributed by atoms with Crippen LogP contribution in [0.1, 0.15) is 21.8 Å². The quantitative estimate of drug-likeness (QED) is 0.886. The van der Waals surface area contributed by atoms with Crippen molar-refractivity contribution in [1.82, 2.24) is 9.88 Å². The van der Waals surface area contributed by atoms with Gasteiger partial charge in [0.1, 0.15) is 0 Å². The molecule has 0 radical (unpaired) electrons. The predicted molar refractivity (Wildman–Crippen MR) is 75.5 cm³/mol. The van der Waals surface area contributed by atoms with Crippen LogP contribution in [0.4, 0.5) is 0 Å². The number of hydrogen-bond acceptors (Lipinski definition) is 4. The minimum atomic E-state index is -0.921. The normalized spacial score (nSPS) is 10.2. The van der Waals surface area contributed by atoms with Gasteiger partial charge in [-0.25, -0.2) is 0 Å². The Balaban J connectivity index is 2.12. The number of thiophene rings is 1. The number of amides is 1. The summed E-state index contributed by atoms with van der Waals surface area (Å²) in [7, 11) is 0. The van der Waals surface area contributed by atoms with Crippen LogP contribution in [0.5, 0.6) is 0 Å². The second-order valence-electron chi connectivity index (χ2n) is 4.17. The molecule has 0 fully saturated rings. The molecule has 1 N–H and O–H groups in total. The van der Waals surface area contributed by atoms with Gasteiger partial charge in [0.25, 0.3) is 5.91 Å². The van der Waals surface area contributed by atoms with E-state index in [0.29, 0.717) is 11.4 Å². The minimum absolute atomic E-state index is 0.0794. The third kappa shape index (κ3) is 3.89. The lowest BCUT2D eigenvalue weighted by Gasteiger charge is -2.20. The highest BCUT2D eigenvalue weighted by Crippen LogP contribution is 2.14. The van der Waals surface area contributed by atoms with Gasteiger partial charge in [0.05, 0.1) is 23.5 Å². The smallest absolute Gasteiger partial charge is 0.305 e. The molecule has 0 aromatic carbocycles. The Morgan fingerprint density at radius 1 is 1.25 bits per heavy atom. The van der Waals surface area contributed by atoms with E-state index in [2.05, 4.69) is 4.98 Å². The van der Waals surface area contributed by atoms with E-state index in [-0.39, 0.29) is 18.9 Å². The summed E-state index contributed by atoms with van der Waals surface area (Å²) in [4.78, 5) is 29.3. The molecule has 2 aromatic heterocycles. The molecule has 0 bridgehead atoms. The number of carboxylic acids is 1. The van der Waals surface area contributed by atoms with Crippen LogP contribution in [-0.2, 0) is 11.3 Å². The molecule has 0 aliphatic heterocycles. The van der Waals surface area contributed by atoms with Gasteiger partial charge in [-0.3, -0.25) is 14.6 Å². The molecule has 104 valence electrons. The van der Waals surface area contributed by atoms with Gasteiger partial charge in [-0.2, -0.15) is 0 Å². The van der Waals surface area contributed by atoms with E-state index in [1.807, 2.05) is 17.5 Å². The van der Waals surface area contributed by atoms with Crippen LogP contribution in [0.15, 0.2) is 41.9 Å². The predicted octanol–water partition coefficient (Wildman–Crippen LogP) is 2.26. The first-order valence-corrected chi connectivity index (χ1v) is 6.99. The molecule has 20 heavy (non-hydrogen) atoms. The molecular weight excluding hydrogens is 276 g/mol. The zero-order valence-electron chi connectivity index (χ0n) is 10.7. The first-order chi connectivity index (χ1) is 9.66. The van der Waals surface area contributed by atoms with E-state index >= 15 is 0 Å². The molecule has 0 atom stereocenters. The maximum atomic E-state index is 12.3. The number of aromatic nitrogens is 1. The third-order valence-corrected chi connectivity index (χ3v) is 3.55. The Kier molecular flexibility index (Phi) is 4.84. The van der Waals surface area contributed by atoms with Gasteiger partial charge in [0.15, 0.2) is 0 Å². The van der Waals surface area contributed by atoms with Gasteiger partial charge in [-0.15, -0.1) is 11.3 Å². The molecule has 0 aliphatic rings. The van der Waals surface area contributed by atoms with E-state index in [0.717, 1.165) is 5.69 Å². The summed E-state index contributed by atoms with van der Waals surface area (Å²) in [5, 5.41) is 10.6. The second-order valence-corrected chi connectivity index (χ2v) is 5.12. The van der Waals surface area contributed by atoms with E-state index < -0.39 is 5.97 Å². The molecule has 1 amide bonds. The summed E-state index contributed by atoms with van der Waals surface area (Å²) in [5.74, 6) is -1.08. The number of carboxylic acid groups (broad SMARTS) is 1. The number of aliphatic carboxylic acids is 1. The van der Waals surface area contributed by atoms with E-state index in [1.54, 1.807) is 24.4 Å². The van der Waals surface area contributed by atoms with Crippen molar-refractivity contribution < 1.29 is 14.7 Å². The molecule has 0 spiro atoms. The number of rotatable bonds is 6. The highest BCUT2D eigenvalue weighted by atomic mass is 32.1. The molecule has 0 saturated carbocycles. The summed E-state index contributed by atoms with van der Waals surface area (Å²) < 4.78 is 0. The van der Waals surface area contributed by atoms with Crippen molar-refractivity contribution in [3.63, 3.8) is 0 Å². The van der Waals surface area contributed by atoms with Crippen LogP contribution in [0, 0.1) is 0 Å². The average Bonchev–Trinajstić information content (AvgIpc) is 2.97. The highest BCUT2D eigenvalue weighted by molar-refractivity contribution is 7.12. The lowest BCUT2D eigenvalue weighted by Crippen LogP contribution is -2.32.